The third-order valence-corrected chi connectivity index (χ3v) is 0. The van der Waals surface area contributed by atoms with Crippen LogP contribution in [0.15, 0.2) is 0 Å². The zero-order chi connectivity index (χ0) is 2.71. The van der Waals surface area contributed by atoms with Gasteiger partial charge in [0.15, 0.2) is 0 Å². The summed E-state index contributed by atoms with van der Waals surface area (Å²) in [6, 6.07) is 0. The zero-order valence-corrected chi connectivity index (χ0v) is 1.99. The molecule has 0 heterocycles. The van der Waals surface area contributed by atoms with E-state index < -0.39 is 0 Å². The Labute approximate surface area is 58.8 Å². The van der Waals surface area contributed by atoms with Gasteiger partial charge in [-0.05, 0) is 0 Å². The van der Waals surface area contributed by atoms with Crippen molar-refractivity contribution in [1.82, 2.24) is 0 Å². The van der Waals surface area contributed by atoms with Crippen LogP contribution in [0.4, 0.5) is 0 Å². The summed E-state index contributed by atoms with van der Waals surface area (Å²) in [5, 5.41) is 6.83. The molecule has 0 saturated carbocycles. The predicted molar refractivity (Wildman–Crippen MR) is 18.1 cm³/mol. The Kier molecular flexibility index (Phi) is 20.0. The van der Waals surface area contributed by atoms with Gasteiger partial charge >= 0.3 is 37.7 Å². The molecule has 0 rings (SSSR count). The Balaban J connectivity index is 0. The van der Waals surface area contributed by atoms with Crippen molar-refractivity contribution in [2.75, 3.05) is 0 Å². The van der Waals surface area contributed by atoms with Gasteiger partial charge in [0.05, 0.1) is 11.9 Å². The van der Waals surface area contributed by atoms with Crippen LogP contribution in [-0.2, 0) is 4.44 Å². The van der Waals surface area contributed by atoms with E-state index in [1.807, 2.05) is 0 Å². The van der Waals surface area contributed by atoms with E-state index in [0.29, 0.717) is 0 Å². The van der Waals surface area contributed by atoms with Crippen LogP contribution in [0.1, 0.15) is 0 Å². The fourth-order valence-electron chi connectivity index (χ4n) is 0. The summed E-state index contributed by atoms with van der Waals surface area (Å²) >= 11 is 4.05. The Morgan fingerprint density at radius 1 is 1.75 bits per heavy atom. The summed E-state index contributed by atoms with van der Waals surface area (Å²) in [5.41, 5.74) is 0. The Morgan fingerprint density at radius 3 is 1.75 bits per heavy atom. The van der Waals surface area contributed by atoms with Gasteiger partial charge in [0.1, 0.15) is 0 Å². The third kappa shape index (κ3) is 9.80. The summed E-state index contributed by atoms with van der Waals surface area (Å²) in [4.78, 5) is 0. The van der Waals surface area contributed by atoms with Crippen LogP contribution in [-0.4, -0.2) is 43.0 Å². The van der Waals surface area contributed by atoms with E-state index >= 15 is 0 Å². The monoisotopic (exact) mass is 110 g/mol. The molecule has 0 spiro atoms. The normalized spacial score (nSPS) is 4.50. The Bertz CT molecular complexity index is 6.00. The van der Waals surface area contributed by atoms with Crippen molar-refractivity contribution in [2.24, 2.45) is 0 Å². The van der Waals surface area contributed by atoms with Crippen LogP contribution in [0.5, 0.6) is 0 Å². The SMILES string of the molecule is OOCl.[CaH2]. The first-order chi connectivity index (χ1) is 1.41. The topological polar surface area (TPSA) is 29.5 Å². The van der Waals surface area contributed by atoms with Crippen LogP contribution in [0, 0.1) is 0 Å². The van der Waals surface area contributed by atoms with Crippen LogP contribution < -0.4 is 0 Å². The standard InChI is InChI=1S/Ca.ClHO2.2H/c;1-3-2;;/h;2H;;. The average molecular weight is 111 g/mol. The second-order valence-corrected chi connectivity index (χ2v) is 0.207. The van der Waals surface area contributed by atoms with Crippen molar-refractivity contribution >= 4 is 49.6 Å². The number of hydrogen-bond donors (Lipinski definition) is 1. The molecule has 0 fully saturated rings. The molecule has 0 aliphatic heterocycles. The number of halogens is 1. The molecule has 0 aromatic carbocycles. The van der Waals surface area contributed by atoms with Gasteiger partial charge in [0.2, 0.25) is 0 Å². The maximum atomic E-state index is 6.83. The van der Waals surface area contributed by atoms with Crippen LogP contribution in [0.2, 0.25) is 0 Å². The first-order valence-corrected chi connectivity index (χ1v) is 0.645. The molecule has 0 bridgehead atoms. The molecule has 0 aliphatic rings. The molecule has 0 saturated heterocycles. The van der Waals surface area contributed by atoms with Gasteiger partial charge in [-0.1, -0.05) is 0 Å². The predicted octanol–water partition coefficient (Wildman–Crippen LogP) is -0.286. The molecule has 4 heteroatoms. The molecule has 0 unspecified atom stereocenters. The molecule has 0 aromatic heterocycles. The van der Waals surface area contributed by atoms with Crippen LogP contribution >= 0.6 is 11.9 Å². The molecule has 2 nitrogen and oxygen atoms in total. The molecule has 0 atom stereocenters. The van der Waals surface area contributed by atoms with Crippen LogP contribution in [0.3, 0.4) is 0 Å². The average Bonchev–Trinajstić information content (AvgIpc) is 0.918. The molecule has 24 valence electrons. The Hall–Kier alpha value is 1.47. The summed E-state index contributed by atoms with van der Waals surface area (Å²) < 4.78 is 2.72. The van der Waals surface area contributed by atoms with E-state index in [1.165, 1.54) is 0 Å². The second-order valence-electron chi connectivity index (χ2n) is 0.0690. The van der Waals surface area contributed by atoms with Gasteiger partial charge in [-0.15, -0.1) is 4.44 Å². The Morgan fingerprint density at radius 2 is 1.75 bits per heavy atom. The molecule has 0 aromatic rings. The molecular weight excluding hydrogens is 108 g/mol. The van der Waals surface area contributed by atoms with E-state index in [2.05, 4.69) is 16.3 Å². The first kappa shape index (κ1) is 9.08. The quantitative estimate of drug-likeness (QED) is 0.264. The molecule has 0 amide bonds. The van der Waals surface area contributed by atoms with E-state index in [4.69, 9.17) is 5.26 Å². The third-order valence-electron chi connectivity index (χ3n) is 0. The van der Waals surface area contributed by atoms with Gasteiger partial charge in [0.25, 0.3) is 0 Å². The molecular formula is H3CaClO2. The number of hydrogen-bond acceptors (Lipinski definition) is 2. The van der Waals surface area contributed by atoms with Crippen LogP contribution in [0.25, 0.3) is 0 Å². The van der Waals surface area contributed by atoms with Crippen molar-refractivity contribution in [3.05, 3.63) is 0 Å². The van der Waals surface area contributed by atoms with Crippen molar-refractivity contribution < 1.29 is 9.70 Å². The van der Waals surface area contributed by atoms with Gasteiger partial charge in [-0.25, -0.2) is 5.26 Å². The molecule has 0 aliphatic carbocycles. The fraction of sp³-hybridized carbons (Fsp3) is 0. The summed E-state index contributed by atoms with van der Waals surface area (Å²) in [6.45, 7) is 0. The molecule has 0 radical (unpaired) electrons. The summed E-state index contributed by atoms with van der Waals surface area (Å²) in [5.74, 6) is 0. The van der Waals surface area contributed by atoms with Crippen molar-refractivity contribution in [2.45, 2.75) is 0 Å². The molecule has 4 heavy (non-hydrogen) atoms. The van der Waals surface area contributed by atoms with Crippen molar-refractivity contribution in [3.8, 4) is 0 Å². The van der Waals surface area contributed by atoms with Gasteiger partial charge < -0.3 is 0 Å². The number of rotatable bonds is 0. The maximum absolute atomic E-state index is 6.83. The first-order valence-electron chi connectivity index (χ1n) is 0.337. The molecule has 1 N–H and O–H groups in total. The van der Waals surface area contributed by atoms with E-state index in [1.54, 1.807) is 0 Å². The van der Waals surface area contributed by atoms with E-state index in [0.717, 1.165) is 0 Å². The van der Waals surface area contributed by atoms with Gasteiger partial charge in [0, 0.05) is 0 Å². The van der Waals surface area contributed by atoms with Gasteiger partial charge in [-0.3, -0.25) is 0 Å². The summed E-state index contributed by atoms with van der Waals surface area (Å²) in [6.07, 6.45) is 0. The minimum atomic E-state index is 0. The minimum absolute atomic E-state index is 0. The fourth-order valence-corrected chi connectivity index (χ4v) is 0. The van der Waals surface area contributed by atoms with E-state index in [-0.39, 0.29) is 37.7 Å². The van der Waals surface area contributed by atoms with Crippen molar-refractivity contribution in [1.29, 1.82) is 0 Å². The summed E-state index contributed by atoms with van der Waals surface area (Å²) in [7, 11) is 0. The van der Waals surface area contributed by atoms with E-state index in [9.17, 15) is 0 Å². The van der Waals surface area contributed by atoms with Crippen molar-refractivity contribution in [3.63, 3.8) is 0 Å². The van der Waals surface area contributed by atoms with Gasteiger partial charge in [-0.2, -0.15) is 0 Å². The second kappa shape index (κ2) is 8.82. The zero-order valence-electron chi connectivity index (χ0n) is 1.23.